The van der Waals surface area contributed by atoms with Gasteiger partial charge < -0.3 is 30.6 Å². The number of fused-ring (bicyclic) bond motifs is 2. The summed E-state index contributed by atoms with van der Waals surface area (Å²) in [6, 6.07) is 20.3. The number of halogens is 1. The largest absolute Gasteiger partial charge is 0.394 e. The molecule has 4 atom stereocenters. The molecule has 3 heterocycles. The molecule has 0 unspecified atom stereocenters. The van der Waals surface area contributed by atoms with Gasteiger partial charge in [0.25, 0.3) is 5.91 Å². The molecular weight excluding hydrogens is 648 g/mol. The predicted octanol–water partition coefficient (Wildman–Crippen LogP) is 4.40. The average molecular weight is 688 g/mol. The van der Waals surface area contributed by atoms with E-state index in [1.54, 1.807) is 34.9 Å². The normalized spacial score (nSPS) is 23.0. The maximum Gasteiger partial charge on any atom is 0.264 e. The molecular formula is C36H39BrN4O5. The Kier molecular flexibility index (Phi) is 9.42. The van der Waals surface area contributed by atoms with Crippen LogP contribution >= 0.6 is 15.9 Å². The van der Waals surface area contributed by atoms with Gasteiger partial charge in [0.2, 0.25) is 11.8 Å². The van der Waals surface area contributed by atoms with Gasteiger partial charge in [0.1, 0.15) is 0 Å². The van der Waals surface area contributed by atoms with Crippen molar-refractivity contribution in [2.45, 2.75) is 63.4 Å². The molecule has 3 aliphatic heterocycles. The van der Waals surface area contributed by atoms with E-state index in [-0.39, 0.29) is 43.5 Å². The van der Waals surface area contributed by atoms with E-state index in [4.69, 9.17) is 0 Å². The summed E-state index contributed by atoms with van der Waals surface area (Å²) >= 11 is 3.50. The number of nitrogens with one attached hydrogen (secondary N) is 2. The molecule has 1 fully saturated rings. The molecule has 46 heavy (non-hydrogen) atoms. The molecule has 3 aliphatic rings. The van der Waals surface area contributed by atoms with E-state index in [9.17, 15) is 24.6 Å². The van der Waals surface area contributed by atoms with Crippen LogP contribution in [0, 0.1) is 5.92 Å². The Morgan fingerprint density at radius 1 is 1.13 bits per heavy atom. The molecule has 0 radical (unpaired) electrons. The third-order valence-corrected chi connectivity index (χ3v) is 9.93. The summed E-state index contributed by atoms with van der Waals surface area (Å²) in [6.45, 7) is 3.18. The van der Waals surface area contributed by atoms with Crippen molar-refractivity contribution in [3.8, 4) is 0 Å². The lowest BCUT2D eigenvalue weighted by Crippen LogP contribution is -2.46. The summed E-state index contributed by atoms with van der Waals surface area (Å²) in [6.07, 6.45) is 5.93. The second-order valence-corrected chi connectivity index (χ2v) is 13.3. The lowest BCUT2D eigenvalue weighted by atomic mass is 9.83. The van der Waals surface area contributed by atoms with Crippen LogP contribution in [0.25, 0.3) is 0 Å². The van der Waals surface area contributed by atoms with Crippen molar-refractivity contribution in [3.05, 3.63) is 106 Å². The quantitative estimate of drug-likeness (QED) is 0.248. The van der Waals surface area contributed by atoms with Gasteiger partial charge in [0.15, 0.2) is 5.60 Å². The number of hydrogen-bond donors (Lipinski definition) is 4. The van der Waals surface area contributed by atoms with Gasteiger partial charge in [-0.05, 0) is 72.8 Å². The Bertz CT molecular complexity index is 1650. The first-order valence-electron chi connectivity index (χ1n) is 15.8. The van der Waals surface area contributed by atoms with Gasteiger partial charge in [-0.2, -0.15) is 0 Å². The summed E-state index contributed by atoms with van der Waals surface area (Å²) < 4.78 is 0.739. The predicted molar refractivity (Wildman–Crippen MR) is 180 cm³/mol. The minimum atomic E-state index is -1.83. The van der Waals surface area contributed by atoms with E-state index in [0.29, 0.717) is 29.9 Å². The molecule has 240 valence electrons. The van der Waals surface area contributed by atoms with Crippen LogP contribution in [0.4, 0.5) is 11.4 Å². The Labute approximate surface area is 277 Å². The van der Waals surface area contributed by atoms with Gasteiger partial charge >= 0.3 is 0 Å². The number of anilines is 2. The molecule has 0 aliphatic carbocycles. The first kappa shape index (κ1) is 32.1. The van der Waals surface area contributed by atoms with E-state index >= 15 is 0 Å². The van der Waals surface area contributed by atoms with Crippen LogP contribution in [-0.2, 0) is 39.5 Å². The van der Waals surface area contributed by atoms with Gasteiger partial charge in [-0.25, -0.2) is 0 Å². The Morgan fingerprint density at radius 3 is 2.61 bits per heavy atom. The van der Waals surface area contributed by atoms with Crippen LogP contribution in [0.3, 0.4) is 0 Å². The van der Waals surface area contributed by atoms with E-state index in [1.807, 2.05) is 60.7 Å². The van der Waals surface area contributed by atoms with E-state index < -0.39 is 17.4 Å². The minimum Gasteiger partial charge on any atom is -0.394 e. The van der Waals surface area contributed by atoms with Crippen molar-refractivity contribution >= 4 is 45.0 Å². The molecule has 3 aromatic rings. The number of rotatable bonds is 9. The number of benzene rings is 3. The fraction of sp³-hybridized carbons (Fsp3) is 0.361. The van der Waals surface area contributed by atoms with Gasteiger partial charge in [-0.15, -0.1) is 0 Å². The maximum absolute atomic E-state index is 14.0. The number of aliphatic hydroxyl groups excluding tert-OH is 1. The molecule has 9 nitrogen and oxygen atoms in total. The summed E-state index contributed by atoms with van der Waals surface area (Å²) in [5, 5.41) is 28.2. The number of nitrogens with zero attached hydrogens (tertiary/aromatic N) is 2. The first-order chi connectivity index (χ1) is 22.2. The lowest BCUT2D eigenvalue weighted by molar-refractivity contribution is -0.139. The Morgan fingerprint density at radius 2 is 1.89 bits per heavy atom. The fourth-order valence-corrected chi connectivity index (χ4v) is 7.12. The van der Waals surface area contributed by atoms with Crippen LogP contribution in [0.15, 0.2) is 83.4 Å². The van der Waals surface area contributed by atoms with Crippen LogP contribution < -0.4 is 15.5 Å². The smallest absolute Gasteiger partial charge is 0.264 e. The number of carbonyl (C=O) groups excluding carboxylic acids is 3. The van der Waals surface area contributed by atoms with Crippen LogP contribution in [0.5, 0.6) is 0 Å². The molecule has 3 aromatic carbocycles. The van der Waals surface area contributed by atoms with Crippen LogP contribution in [0.1, 0.15) is 48.4 Å². The first-order valence-corrected chi connectivity index (χ1v) is 16.6. The van der Waals surface area contributed by atoms with Crippen LogP contribution in [0.2, 0.25) is 0 Å². The second-order valence-electron chi connectivity index (χ2n) is 12.4. The molecule has 3 amide bonds. The number of amides is 3. The third-order valence-electron chi connectivity index (χ3n) is 9.43. The summed E-state index contributed by atoms with van der Waals surface area (Å²) in [5.41, 5.74) is 3.03. The number of hydrogen-bond acceptors (Lipinski definition) is 6. The lowest BCUT2D eigenvalue weighted by Gasteiger charge is -2.36. The SMILES string of the molecule is C[C@@H](/C=C/CC(=O)N1Cc2ccccc2C[C@H]1CO)[C@]1(O)C(=O)N(Cc2ccc(NC(=O)[C@H]3CCCN3)cc2)c2ccc(Br)cc21. The van der Waals surface area contributed by atoms with Crippen molar-refractivity contribution in [2.24, 2.45) is 5.92 Å². The third kappa shape index (κ3) is 6.27. The molecule has 6 rings (SSSR count). The molecule has 0 bridgehead atoms. The van der Waals surface area contributed by atoms with Gasteiger partial charge in [0.05, 0.1) is 30.9 Å². The zero-order chi connectivity index (χ0) is 32.4. The van der Waals surface area contributed by atoms with E-state index in [1.165, 1.54) is 0 Å². The average Bonchev–Trinajstić information content (AvgIpc) is 3.68. The molecule has 0 saturated carbocycles. The second kappa shape index (κ2) is 13.5. The van der Waals surface area contributed by atoms with E-state index in [0.717, 1.165) is 40.5 Å². The van der Waals surface area contributed by atoms with Crippen molar-refractivity contribution in [1.82, 2.24) is 10.2 Å². The molecule has 4 N–H and O–H groups in total. The highest BCUT2D eigenvalue weighted by Crippen LogP contribution is 2.46. The molecule has 10 heteroatoms. The van der Waals surface area contributed by atoms with Crippen molar-refractivity contribution in [3.63, 3.8) is 0 Å². The highest BCUT2D eigenvalue weighted by molar-refractivity contribution is 9.10. The van der Waals surface area contributed by atoms with Gasteiger partial charge in [-0.3, -0.25) is 14.4 Å². The standard InChI is InChI=1S/C36H39BrN4O5/c1-23(6-4-10-33(43)40-21-26-8-3-2-7-25(26)18-29(40)22-42)36(46)30-19-27(37)13-16-32(30)41(35(36)45)20-24-11-14-28(15-12-24)39-34(44)31-9-5-17-38-31/h2-4,6-8,11-16,19,23,29,31,38,42,46H,5,9-10,17-18,20-22H2,1H3,(H,39,44)/b6-4+/t23-,29-,31+,36+/m0/s1. The van der Waals surface area contributed by atoms with Gasteiger partial charge in [-0.1, -0.05) is 71.4 Å². The van der Waals surface area contributed by atoms with E-state index in [2.05, 4.69) is 26.6 Å². The summed E-state index contributed by atoms with van der Waals surface area (Å²) in [4.78, 5) is 43.1. The zero-order valence-corrected chi connectivity index (χ0v) is 27.4. The summed E-state index contributed by atoms with van der Waals surface area (Å²) in [5.74, 6) is -1.25. The van der Waals surface area contributed by atoms with Crippen molar-refractivity contribution in [1.29, 1.82) is 0 Å². The van der Waals surface area contributed by atoms with Gasteiger partial charge in [0, 0.05) is 34.6 Å². The maximum atomic E-state index is 14.0. The zero-order valence-electron chi connectivity index (χ0n) is 25.8. The monoisotopic (exact) mass is 686 g/mol. The number of aliphatic hydroxyl groups is 2. The van der Waals surface area contributed by atoms with Crippen LogP contribution in [-0.4, -0.2) is 58.1 Å². The number of carbonyl (C=O) groups is 3. The van der Waals surface area contributed by atoms with Crippen molar-refractivity contribution in [2.75, 3.05) is 23.4 Å². The molecule has 1 saturated heterocycles. The molecule has 0 aromatic heterocycles. The Balaban J connectivity index is 1.15. The topological polar surface area (TPSA) is 122 Å². The summed E-state index contributed by atoms with van der Waals surface area (Å²) in [7, 11) is 0. The highest BCUT2D eigenvalue weighted by Gasteiger charge is 2.52. The molecule has 0 spiro atoms. The highest BCUT2D eigenvalue weighted by atomic mass is 79.9. The minimum absolute atomic E-state index is 0.0530. The van der Waals surface area contributed by atoms with Crippen molar-refractivity contribution < 1.29 is 24.6 Å². The Hall–Kier alpha value is -3.83. The fourth-order valence-electron chi connectivity index (χ4n) is 6.76.